The number of nitrogens with zero attached hydrogens (tertiary/aromatic N) is 2. The first kappa shape index (κ1) is 23.0. The first-order valence-electron chi connectivity index (χ1n) is 11.3. The fourth-order valence-electron chi connectivity index (χ4n) is 4.34. The largest absolute Gasteiger partial charge is 0.351 e. The van der Waals surface area contributed by atoms with Gasteiger partial charge in [0.1, 0.15) is 0 Å². The predicted molar refractivity (Wildman–Crippen MR) is 139 cm³/mol. The molecule has 2 fully saturated rings. The number of rotatable bonds is 6. The van der Waals surface area contributed by atoms with E-state index >= 15 is 0 Å². The highest BCUT2D eigenvalue weighted by molar-refractivity contribution is 9.10. The van der Waals surface area contributed by atoms with Crippen molar-refractivity contribution in [2.45, 2.75) is 44.3 Å². The molecule has 5 rings (SSSR count). The highest BCUT2D eigenvalue weighted by atomic mass is 79.9. The molecule has 1 aliphatic carbocycles. The standard InChI is InChI=1S/C25H24BrN5O2S/c26-18-4-3-16-11-15(1-2-17(16)12-18)14-28-19-5-7-20(8-6-19)29-24-27-10-9-21(30-24)13-22-23(32)31-25(33)34-22/h1-4,9-13,19-20,28H,5-8,14H2,(H,27,29,30)(H,31,32,33)/t19-,20-. The van der Waals surface area contributed by atoms with Crippen LogP contribution >= 0.6 is 27.7 Å². The molecule has 7 nitrogen and oxygen atoms in total. The molecule has 2 aliphatic rings. The molecule has 0 unspecified atom stereocenters. The second-order valence-electron chi connectivity index (χ2n) is 8.56. The third-order valence-electron chi connectivity index (χ3n) is 6.12. The molecular weight excluding hydrogens is 514 g/mol. The van der Waals surface area contributed by atoms with E-state index in [2.05, 4.69) is 78.2 Å². The number of hydrogen-bond donors (Lipinski definition) is 3. The van der Waals surface area contributed by atoms with Gasteiger partial charge in [-0.3, -0.25) is 14.9 Å². The first-order valence-corrected chi connectivity index (χ1v) is 12.9. The molecule has 1 saturated heterocycles. The van der Waals surface area contributed by atoms with Crippen LogP contribution in [0.3, 0.4) is 0 Å². The van der Waals surface area contributed by atoms with Gasteiger partial charge in [0, 0.05) is 29.3 Å². The average Bonchev–Trinajstić information content (AvgIpc) is 3.15. The summed E-state index contributed by atoms with van der Waals surface area (Å²) in [5.74, 6) is 0.161. The summed E-state index contributed by atoms with van der Waals surface area (Å²) in [5.41, 5.74) is 1.90. The number of benzene rings is 2. The molecule has 2 heterocycles. The Morgan fingerprint density at radius 2 is 1.79 bits per heavy atom. The van der Waals surface area contributed by atoms with Crippen LogP contribution in [0.15, 0.2) is 58.0 Å². The molecule has 34 heavy (non-hydrogen) atoms. The molecule has 2 aromatic carbocycles. The van der Waals surface area contributed by atoms with Crippen molar-refractivity contribution in [1.82, 2.24) is 20.6 Å². The van der Waals surface area contributed by atoms with Crippen LogP contribution in [-0.4, -0.2) is 33.2 Å². The third kappa shape index (κ3) is 5.65. The summed E-state index contributed by atoms with van der Waals surface area (Å²) in [6.07, 6.45) is 7.51. The summed E-state index contributed by atoms with van der Waals surface area (Å²) in [5, 5.41) is 11.5. The Bertz CT molecular complexity index is 1270. The van der Waals surface area contributed by atoms with Crippen molar-refractivity contribution in [2.24, 2.45) is 0 Å². The number of hydrogen-bond acceptors (Lipinski definition) is 7. The summed E-state index contributed by atoms with van der Waals surface area (Å²) in [6.45, 7) is 0.864. The monoisotopic (exact) mass is 537 g/mol. The molecule has 2 amide bonds. The van der Waals surface area contributed by atoms with Gasteiger partial charge < -0.3 is 10.6 Å². The Morgan fingerprint density at radius 1 is 1.03 bits per heavy atom. The van der Waals surface area contributed by atoms with Crippen LogP contribution in [-0.2, 0) is 11.3 Å². The second kappa shape index (κ2) is 10.2. The normalized spacial score (nSPS) is 21.7. The Hall–Kier alpha value is -2.75. The number of carbonyl (C=O) groups excluding carboxylic acids is 2. The number of amides is 2. The molecule has 0 radical (unpaired) electrons. The van der Waals surface area contributed by atoms with Crippen LogP contribution in [0, 0.1) is 0 Å². The van der Waals surface area contributed by atoms with Crippen molar-refractivity contribution >= 4 is 61.6 Å². The molecule has 3 aromatic rings. The maximum atomic E-state index is 11.7. The van der Waals surface area contributed by atoms with Gasteiger partial charge in [0.25, 0.3) is 11.1 Å². The number of halogens is 1. The number of carbonyl (C=O) groups is 2. The van der Waals surface area contributed by atoms with Gasteiger partial charge in [-0.05, 0) is 84.1 Å². The topological polar surface area (TPSA) is 96.0 Å². The number of nitrogens with one attached hydrogen (secondary N) is 3. The molecule has 1 saturated carbocycles. The maximum Gasteiger partial charge on any atom is 0.290 e. The van der Waals surface area contributed by atoms with E-state index in [1.54, 1.807) is 18.3 Å². The van der Waals surface area contributed by atoms with Gasteiger partial charge in [0.05, 0.1) is 10.6 Å². The molecule has 1 aromatic heterocycles. The number of anilines is 1. The van der Waals surface area contributed by atoms with Crippen LogP contribution < -0.4 is 16.0 Å². The first-order chi connectivity index (χ1) is 16.5. The molecular formula is C25H24BrN5O2S. The van der Waals surface area contributed by atoms with Crippen molar-refractivity contribution in [3.8, 4) is 0 Å². The number of imide groups is 1. The van der Waals surface area contributed by atoms with E-state index in [4.69, 9.17) is 0 Å². The van der Waals surface area contributed by atoms with Gasteiger partial charge in [-0.2, -0.15) is 0 Å². The molecule has 1 aliphatic heterocycles. The second-order valence-corrected chi connectivity index (χ2v) is 10.5. The average molecular weight is 538 g/mol. The summed E-state index contributed by atoms with van der Waals surface area (Å²) in [7, 11) is 0. The van der Waals surface area contributed by atoms with E-state index in [1.807, 2.05) is 0 Å². The van der Waals surface area contributed by atoms with Gasteiger partial charge in [-0.25, -0.2) is 9.97 Å². The Morgan fingerprint density at radius 3 is 2.59 bits per heavy atom. The minimum atomic E-state index is -0.384. The Balaban J connectivity index is 1.12. The fourth-order valence-corrected chi connectivity index (χ4v) is 5.39. The molecule has 0 bridgehead atoms. The zero-order valence-electron chi connectivity index (χ0n) is 18.4. The molecule has 174 valence electrons. The number of fused-ring (bicyclic) bond motifs is 1. The molecule has 0 atom stereocenters. The smallest absolute Gasteiger partial charge is 0.290 e. The quantitative estimate of drug-likeness (QED) is 0.370. The minimum Gasteiger partial charge on any atom is -0.351 e. The number of aromatic nitrogens is 2. The van der Waals surface area contributed by atoms with Crippen molar-refractivity contribution in [2.75, 3.05) is 5.32 Å². The van der Waals surface area contributed by atoms with Crippen LogP contribution in [0.25, 0.3) is 16.8 Å². The Labute approximate surface area is 210 Å². The van der Waals surface area contributed by atoms with E-state index in [0.29, 0.717) is 28.6 Å². The summed E-state index contributed by atoms with van der Waals surface area (Å²) < 4.78 is 1.10. The van der Waals surface area contributed by atoms with Gasteiger partial charge >= 0.3 is 0 Å². The van der Waals surface area contributed by atoms with Crippen LogP contribution in [0.5, 0.6) is 0 Å². The lowest BCUT2D eigenvalue weighted by atomic mass is 9.91. The van der Waals surface area contributed by atoms with E-state index in [-0.39, 0.29) is 11.1 Å². The van der Waals surface area contributed by atoms with Crippen LogP contribution in [0.4, 0.5) is 10.7 Å². The lowest BCUT2D eigenvalue weighted by Crippen LogP contribution is -2.36. The number of thioether (sulfide) groups is 1. The lowest BCUT2D eigenvalue weighted by molar-refractivity contribution is -0.115. The van der Waals surface area contributed by atoms with Crippen molar-refractivity contribution in [1.29, 1.82) is 0 Å². The van der Waals surface area contributed by atoms with Crippen LogP contribution in [0.1, 0.15) is 36.9 Å². The SMILES string of the molecule is O=C1NC(=O)C(=Cc2ccnc(N[C@H]3CC[C@H](NCc4ccc5cc(Br)ccc5c4)CC3)n2)S1. The highest BCUT2D eigenvalue weighted by Crippen LogP contribution is 2.26. The Kier molecular flexibility index (Phi) is 6.94. The fraction of sp³-hybridized carbons (Fsp3) is 0.280. The van der Waals surface area contributed by atoms with Gasteiger partial charge in [0.2, 0.25) is 5.95 Å². The van der Waals surface area contributed by atoms with Crippen LogP contribution in [0.2, 0.25) is 0 Å². The summed E-state index contributed by atoms with van der Waals surface area (Å²) >= 11 is 4.42. The zero-order chi connectivity index (χ0) is 23.5. The van der Waals surface area contributed by atoms with E-state index in [1.165, 1.54) is 16.3 Å². The van der Waals surface area contributed by atoms with Crippen molar-refractivity contribution < 1.29 is 9.59 Å². The van der Waals surface area contributed by atoms with E-state index < -0.39 is 0 Å². The highest BCUT2D eigenvalue weighted by Gasteiger charge is 2.25. The zero-order valence-corrected chi connectivity index (χ0v) is 20.8. The van der Waals surface area contributed by atoms with Crippen molar-refractivity contribution in [3.63, 3.8) is 0 Å². The molecule has 0 spiro atoms. The van der Waals surface area contributed by atoms with E-state index in [0.717, 1.165) is 48.5 Å². The molecule has 3 N–H and O–H groups in total. The van der Waals surface area contributed by atoms with E-state index in [9.17, 15) is 9.59 Å². The van der Waals surface area contributed by atoms with Gasteiger partial charge in [-0.1, -0.05) is 34.1 Å². The third-order valence-corrected chi connectivity index (χ3v) is 7.42. The van der Waals surface area contributed by atoms with Gasteiger partial charge in [0.15, 0.2) is 0 Å². The molecule has 9 heteroatoms. The van der Waals surface area contributed by atoms with Crippen molar-refractivity contribution in [3.05, 3.63) is 69.3 Å². The maximum absolute atomic E-state index is 11.7. The van der Waals surface area contributed by atoms with Gasteiger partial charge in [-0.15, -0.1) is 0 Å². The minimum absolute atomic E-state index is 0.311. The summed E-state index contributed by atoms with van der Waals surface area (Å²) in [4.78, 5) is 32.3. The summed E-state index contributed by atoms with van der Waals surface area (Å²) in [6, 6.07) is 15.5. The predicted octanol–water partition coefficient (Wildman–Crippen LogP) is 5.23. The lowest BCUT2D eigenvalue weighted by Gasteiger charge is -2.30.